The van der Waals surface area contributed by atoms with Crippen molar-refractivity contribution in [2.24, 2.45) is 0 Å². The number of sulfonamides is 1. The van der Waals surface area contributed by atoms with Crippen molar-refractivity contribution in [1.82, 2.24) is 19.2 Å². The van der Waals surface area contributed by atoms with Crippen molar-refractivity contribution in [2.45, 2.75) is 44.2 Å². The zero-order valence-corrected chi connectivity index (χ0v) is 16.1. The van der Waals surface area contributed by atoms with Crippen LogP contribution in [0.25, 0.3) is 0 Å². The summed E-state index contributed by atoms with van der Waals surface area (Å²) in [5.41, 5.74) is 0.797. The number of H-pyrrole nitrogens is 1. The highest BCUT2D eigenvalue weighted by atomic mass is 32.2. The van der Waals surface area contributed by atoms with Crippen molar-refractivity contribution in [1.29, 1.82) is 0 Å². The molecule has 2 fully saturated rings. The molecule has 0 saturated carbocycles. The third-order valence-electron chi connectivity index (χ3n) is 5.61. The maximum absolute atomic E-state index is 12.5. The van der Waals surface area contributed by atoms with E-state index in [2.05, 4.69) is 9.97 Å². The number of fused-ring (bicyclic) bond motifs is 1. The SMILES string of the molecule is CS(=O)(=O)N1CCc2nc(C3CCN(C(=O)C4CCCO4)C3)[nH]c(=O)c2C1. The van der Waals surface area contributed by atoms with Crippen molar-refractivity contribution in [3.8, 4) is 0 Å². The van der Waals surface area contributed by atoms with Crippen LogP contribution in [0.4, 0.5) is 0 Å². The van der Waals surface area contributed by atoms with E-state index in [0.717, 1.165) is 25.5 Å². The lowest BCUT2D eigenvalue weighted by Crippen LogP contribution is -2.39. The van der Waals surface area contributed by atoms with E-state index in [1.165, 1.54) is 4.31 Å². The highest BCUT2D eigenvalue weighted by molar-refractivity contribution is 7.88. The molecule has 3 aliphatic rings. The molecule has 0 radical (unpaired) electrons. The van der Waals surface area contributed by atoms with Crippen LogP contribution < -0.4 is 5.56 Å². The lowest BCUT2D eigenvalue weighted by Gasteiger charge is -2.26. The summed E-state index contributed by atoms with van der Waals surface area (Å²) in [6.07, 6.45) is 3.66. The number of hydrogen-bond donors (Lipinski definition) is 1. The normalized spacial score (nSPS) is 26.3. The van der Waals surface area contributed by atoms with E-state index < -0.39 is 10.0 Å². The van der Waals surface area contributed by atoms with E-state index in [4.69, 9.17) is 4.74 Å². The molecule has 0 aromatic carbocycles. The fraction of sp³-hybridized carbons (Fsp3) is 0.706. The van der Waals surface area contributed by atoms with E-state index in [-0.39, 0.29) is 30.0 Å². The van der Waals surface area contributed by atoms with Gasteiger partial charge in [0.25, 0.3) is 11.5 Å². The summed E-state index contributed by atoms with van der Waals surface area (Å²) in [5, 5.41) is 0. The predicted octanol–water partition coefficient (Wildman–Crippen LogP) is -0.417. The molecular weight excluding hydrogens is 372 g/mol. The minimum atomic E-state index is -3.34. The Bertz CT molecular complexity index is 906. The Labute approximate surface area is 157 Å². The molecule has 1 N–H and O–H groups in total. The lowest BCUT2D eigenvalue weighted by atomic mass is 10.1. The summed E-state index contributed by atoms with van der Waals surface area (Å²) < 4.78 is 30.3. The number of aromatic nitrogens is 2. The number of carbonyl (C=O) groups is 1. The van der Waals surface area contributed by atoms with Gasteiger partial charge in [0.05, 0.1) is 17.5 Å². The molecule has 2 atom stereocenters. The molecule has 1 aromatic heterocycles. The fourth-order valence-electron chi connectivity index (χ4n) is 4.06. The first-order valence-corrected chi connectivity index (χ1v) is 11.2. The quantitative estimate of drug-likeness (QED) is 0.743. The molecule has 2 unspecified atom stereocenters. The second-order valence-electron chi connectivity index (χ2n) is 7.49. The molecule has 9 nitrogen and oxygen atoms in total. The van der Waals surface area contributed by atoms with Gasteiger partial charge in [-0.15, -0.1) is 0 Å². The van der Waals surface area contributed by atoms with E-state index in [1.54, 1.807) is 4.90 Å². The molecule has 10 heteroatoms. The smallest absolute Gasteiger partial charge is 0.255 e. The molecule has 148 valence electrons. The van der Waals surface area contributed by atoms with Gasteiger partial charge in [0.15, 0.2) is 0 Å². The summed E-state index contributed by atoms with van der Waals surface area (Å²) in [4.78, 5) is 34.3. The number of hydrogen-bond acceptors (Lipinski definition) is 6. The Hall–Kier alpha value is -1.78. The fourth-order valence-corrected chi connectivity index (χ4v) is 4.84. The molecule has 1 amide bonds. The van der Waals surface area contributed by atoms with Gasteiger partial charge < -0.3 is 14.6 Å². The van der Waals surface area contributed by atoms with E-state index >= 15 is 0 Å². The Balaban J connectivity index is 1.50. The van der Waals surface area contributed by atoms with Gasteiger partial charge in [0.2, 0.25) is 10.0 Å². The van der Waals surface area contributed by atoms with Crippen molar-refractivity contribution in [3.63, 3.8) is 0 Å². The number of likely N-dealkylation sites (tertiary alicyclic amines) is 1. The number of rotatable bonds is 3. The maximum Gasteiger partial charge on any atom is 0.255 e. The molecule has 4 heterocycles. The number of aromatic amines is 1. The summed E-state index contributed by atoms with van der Waals surface area (Å²) in [5.74, 6) is 0.606. The van der Waals surface area contributed by atoms with Gasteiger partial charge in [0.1, 0.15) is 11.9 Å². The molecule has 1 aromatic rings. The van der Waals surface area contributed by atoms with Crippen LogP contribution in [0.15, 0.2) is 4.79 Å². The zero-order chi connectivity index (χ0) is 19.2. The average Bonchev–Trinajstić information content (AvgIpc) is 3.32. The number of amides is 1. The largest absolute Gasteiger partial charge is 0.368 e. The van der Waals surface area contributed by atoms with Crippen LogP contribution in [-0.4, -0.2) is 72.1 Å². The molecule has 4 rings (SSSR count). The molecule has 0 aliphatic carbocycles. The van der Waals surface area contributed by atoms with Crippen LogP contribution in [0.3, 0.4) is 0 Å². The van der Waals surface area contributed by atoms with Crippen LogP contribution in [0.2, 0.25) is 0 Å². The molecule has 2 saturated heterocycles. The number of carbonyl (C=O) groups excluding carboxylic acids is 1. The molecule has 27 heavy (non-hydrogen) atoms. The third-order valence-corrected chi connectivity index (χ3v) is 6.86. The predicted molar refractivity (Wildman–Crippen MR) is 96.7 cm³/mol. The Morgan fingerprint density at radius 2 is 2.11 bits per heavy atom. The minimum Gasteiger partial charge on any atom is -0.368 e. The van der Waals surface area contributed by atoms with Gasteiger partial charge in [-0.2, -0.15) is 4.31 Å². The first-order valence-electron chi connectivity index (χ1n) is 9.30. The monoisotopic (exact) mass is 396 g/mol. The van der Waals surface area contributed by atoms with Crippen molar-refractivity contribution in [2.75, 3.05) is 32.5 Å². The highest BCUT2D eigenvalue weighted by Gasteiger charge is 2.35. The third kappa shape index (κ3) is 3.65. The van der Waals surface area contributed by atoms with Crippen molar-refractivity contribution in [3.05, 3.63) is 27.4 Å². The van der Waals surface area contributed by atoms with Crippen LogP contribution in [0.5, 0.6) is 0 Å². The first-order chi connectivity index (χ1) is 12.8. The summed E-state index contributed by atoms with van der Waals surface area (Å²) >= 11 is 0. The topological polar surface area (TPSA) is 113 Å². The van der Waals surface area contributed by atoms with Crippen LogP contribution in [0, 0.1) is 0 Å². The standard InChI is InChI=1S/C17H24N4O5S/c1-27(24,25)21-7-5-13-12(10-21)16(22)19-15(18-13)11-4-6-20(9-11)17(23)14-3-2-8-26-14/h11,14H,2-10H2,1H3,(H,18,19,22). The van der Waals surface area contributed by atoms with Gasteiger partial charge in [-0.1, -0.05) is 0 Å². The van der Waals surface area contributed by atoms with Crippen LogP contribution >= 0.6 is 0 Å². The zero-order valence-electron chi connectivity index (χ0n) is 15.3. The lowest BCUT2D eigenvalue weighted by molar-refractivity contribution is -0.139. The molecule has 0 bridgehead atoms. The van der Waals surface area contributed by atoms with Crippen molar-refractivity contribution < 1.29 is 17.9 Å². The minimum absolute atomic E-state index is 0.0127. The molecular formula is C17H24N4O5S. The highest BCUT2D eigenvalue weighted by Crippen LogP contribution is 2.27. The van der Waals surface area contributed by atoms with Gasteiger partial charge in [0, 0.05) is 45.1 Å². The van der Waals surface area contributed by atoms with Crippen LogP contribution in [0.1, 0.15) is 42.3 Å². The second kappa shape index (κ2) is 6.99. The van der Waals surface area contributed by atoms with Gasteiger partial charge >= 0.3 is 0 Å². The Morgan fingerprint density at radius 3 is 2.81 bits per heavy atom. The molecule has 0 spiro atoms. The summed E-state index contributed by atoms with van der Waals surface area (Å²) in [6.45, 7) is 2.18. The van der Waals surface area contributed by atoms with Gasteiger partial charge in [-0.25, -0.2) is 13.4 Å². The second-order valence-corrected chi connectivity index (χ2v) is 9.48. The number of ether oxygens (including phenoxy) is 1. The van der Waals surface area contributed by atoms with E-state index in [1.807, 2.05) is 0 Å². The first kappa shape index (κ1) is 18.6. The average molecular weight is 396 g/mol. The molecule has 3 aliphatic heterocycles. The van der Waals surface area contributed by atoms with E-state index in [9.17, 15) is 18.0 Å². The van der Waals surface area contributed by atoms with Crippen molar-refractivity contribution >= 4 is 15.9 Å². The Kier molecular flexibility index (Phi) is 4.81. The summed E-state index contributed by atoms with van der Waals surface area (Å²) in [6, 6.07) is 0. The number of nitrogens with one attached hydrogen (secondary N) is 1. The van der Waals surface area contributed by atoms with Gasteiger partial charge in [-0.05, 0) is 19.3 Å². The van der Waals surface area contributed by atoms with Crippen LogP contribution in [-0.2, 0) is 32.5 Å². The van der Waals surface area contributed by atoms with E-state index in [0.29, 0.717) is 49.7 Å². The van der Waals surface area contributed by atoms with Gasteiger partial charge in [-0.3, -0.25) is 9.59 Å². The Morgan fingerprint density at radius 1 is 1.30 bits per heavy atom. The summed E-state index contributed by atoms with van der Waals surface area (Å²) in [7, 11) is -3.34. The maximum atomic E-state index is 12.5. The number of nitrogens with zero attached hydrogens (tertiary/aromatic N) is 3.